The zero-order valence-corrected chi connectivity index (χ0v) is 22.9. The number of carbonyl (C=O) groups excluding carboxylic acids is 1. The van der Waals surface area contributed by atoms with Gasteiger partial charge < -0.3 is 14.2 Å². The second-order valence-electron chi connectivity index (χ2n) is 9.38. The predicted molar refractivity (Wildman–Crippen MR) is 143 cm³/mol. The van der Waals surface area contributed by atoms with Gasteiger partial charge >= 0.3 is 0 Å². The van der Waals surface area contributed by atoms with E-state index < -0.39 is 5.79 Å². The van der Waals surface area contributed by atoms with Gasteiger partial charge in [0.15, 0.2) is 5.79 Å². The molecule has 7 nitrogen and oxygen atoms in total. The van der Waals surface area contributed by atoms with Crippen molar-refractivity contribution in [3.05, 3.63) is 58.1 Å². The van der Waals surface area contributed by atoms with Crippen LogP contribution in [0.15, 0.2) is 36.4 Å². The number of benzene rings is 2. The van der Waals surface area contributed by atoms with Gasteiger partial charge in [0.2, 0.25) is 5.13 Å². The molecule has 1 amide bonds. The van der Waals surface area contributed by atoms with Gasteiger partial charge in [0.25, 0.3) is 5.91 Å². The van der Waals surface area contributed by atoms with Gasteiger partial charge in [-0.1, -0.05) is 48.4 Å². The van der Waals surface area contributed by atoms with Gasteiger partial charge in [-0.05, 0) is 69.5 Å². The smallest absolute Gasteiger partial charge is 0.261 e. The number of ether oxygens (including phenoxy) is 3. The summed E-state index contributed by atoms with van der Waals surface area (Å²) in [5.74, 6) is 0.0832. The first kappa shape index (κ1) is 26.5. The Labute approximate surface area is 221 Å². The van der Waals surface area contributed by atoms with Crippen LogP contribution in [-0.4, -0.2) is 47.8 Å². The topological polar surface area (TPSA) is 73.8 Å². The van der Waals surface area contributed by atoms with E-state index in [1.165, 1.54) is 11.3 Å². The third-order valence-corrected chi connectivity index (χ3v) is 7.24. The van der Waals surface area contributed by atoms with Crippen molar-refractivity contribution in [2.45, 2.75) is 59.4 Å². The maximum absolute atomic E-state index is 13.3. The number of anilines is 1. The van der Waals surface area contributed by atoms with Crippen LogP contribution in [0.1, 0.15) is 55.1 Å². The lowest BCUT2D eigenvalue weighted by molar-refractivity contribution is -0.141. The van der Waals surface area contributed by atoms with E-state index in [0.29, 0.717) is 35.5 Å². The number of aromatic nitrogens is 2. The Balaban J connectivity index is 1.54. The third-order valence-electron chi connectivity index (χ3n) is 5.92. The van der Waals surface area contributed by atoms with Crippen LogP contribution in [0.5, 0.6) is 5.75 Å². The number of carbonyl (C=O) groups is 1. The lowest BCUT2D eigenvalue weighted by Crippen LogP contribution is -2.32. The summed E-state index contributed by atoms with van der Waals surface area (Å²) >= 11 is 7.70. The fourth-order valence-electron chi connectivity index (χ4n) is 4.14. The van der Waals surface area contributed by atoms with E-state index in [-0.39, 0.29) is 12.0 Å². The molecule has 0 N–H and O–H groups in total. The van der Waals surface area contributed by atoms with Gasteiger partial charge in [-0.25, -0.2) is 0 Å². The van der Waals surface area contributed by atoms with Crippen LogP contribution in [0.2, 0.25) is 5.02 Å². The molecule has 1 aliphatic rings. The van der Waals surface area contributed by atoms with E-state index in [1.807, 2.05) is 52.0 Å². The molecule has 1 saturated heterocycles. The van der Waals surface area contributed by atoms with Gasteiger partial charge in [0, 0.05) is 12.1 Å². The first-order chi connectivity index (χ1) is 17.2. The number of halogens is 1. The summed E-state index contributed by atoms with van der Waals surface area (Å²) < 4.78 is 17.6. The molecule has 192 valence electrons. The zero-order chi connectivity index (χ0) is 25.9. The van der Waals surface area contributed by atoms with Crippen LogP contribution in [0.4, 0.5) is 5.13 Å². The van der Waals surface area contributed by atoms with Crippen LogP contribution < -0.4 is 9.64 Å². The SMILES string of the molecule is CCCCN(C(=O)c1ccccc1Cl)c1nnc(-c2cc(C)c(OCC3COC(C)(C)O3)c(C)c2)s1. The molecule has 1 aliphatic heterocycles. The van der Waals surface area contributed by atoms with E-state index in [9.17, 15) is 4.79 Å². The number of hydrogen-bond donors (Lipinski definition) is 0. The molecule has 1 unspecified atom stereocenters. The number of rotatable bonds is 9. The lowest BCUT2D eigenvalue weighted by atomic mass is 10.1. The van der Waals surface area contributed by atoms with Gasteiger partial charge in [-0.15, -0.1) is 10.2 Å². The Morgan fingerprint density at radius 2 is 1.94 bits per heavy atom. The number of aryl methyl sites for hydroxylation is 2. The van der Waals surface area contributed by atoms with Crippen molar-refractivity contribution < 1.29 is 19.0 Å². The van der Waals surface area contributed by atoms with Gasteiger partial charge in [-0.2, -0.15) is 0 Å². The monoisotopic (exact) mass is 529 g/mol. The van der Waals surface area contributed by atoms with Crippen LogP contribution in [0.25, 0.3) is 10.6 Å². The van der Waals surface area contributed by atoms with Crippen molar-refractivity contribution >= 4 is 34.0 Å². The molecule has 3 aromatic rings. The fourth-order valence-corrected chi connectivity index (χ4v) is 5.22. The summed E-state index contributed by atoms with van der Waals surface area (Å²) in [5, 5.41) is 10.5. The van der Waals surface area contributed by atoms with Crippen molar-refractivity contribution in [2.75, 3.05) is 24.7 Å². The predicted octanol–water partition coefficient (Wildman–Crippen LogP) is 6.45. The second-order valence-corrected chi connectivity index (χ2v) is 10.7. The van der Waals surface area contributed by atoms with Gasteiger partial charge in [-0.3, -0.25) is 9.69 Å². The summed E-state index contributed by atoms with van der Waals surface area (Å²) in [6, 6.07) is 11.2. The molecule has 2 heterocycles. The maximum Gasteiger partial charge on any atom is 0.261 e. The molecule has 1 fully saturated rings. The Bertz CT molecular complexity index is 1210. The van der Waals surface area contributed by atoms with E-state index in [2.05, 4.69) is 17.1 Å². The van der Waals surface area contributed by atoms with E-state index >= 15 is 0 Å². The summed E-state index contributed by atoms with van der Waals surface area (Å²) in [6.45, 7) is 11.4. The zero-order valence-electron chi connectivity index (χ0n) is 21.3. The van der Waals surface area contributed by atoms with Crippen molar-refractivity contribution in [1.29, 1.82) is 0 Å². The first-order valence-corrected chi connectivity index (χ1v) is 13.3. The van der Waals surface area contributed by atoms with Crippen LogP contribution >= 0.6 is 22.9 Å². The molecule has 0 aliphatic carbocycles. The number of hydrogen-bond acceptors (Lipinski definition) is 7. The van der Waals surface area contributed by atoms with E-state index in [1.54, 1.807) is 17.0 Å². The third kappa shape index (κ3) is 6.06. The maximum atomic E-state index is 13.3. The van der Waals surface area contributed by atoms with Crippen molar-refractivity contribution in [1.82, 2.24) is 10.2 Å². The number of amides is 1. The highest BCUT2D eigenvalue weighted by atomic mass is 35.5. The Morgan fingerprint density at radius 3 is 2.58 bits per heavy atom. The minimum absolute atomic E-state index is 0.103. The van der Waals surface area contributed by atoms with Crippen LogP contribution in [0.3, 0.4) is 0 Å². The second kappa shape index (κ2) is 11.3. The molecule has 0 spiro atoms. The standard InChI is InChI=1S/C27H32ClN3O4S/c1-6-7-12-31(25(32)21-10-8-9-11-22(21)28)26-30-29-24(36-26)19-13-17(2)23(18(3)14-19)33-15-20-16-34-27(4,5)35-20/h8-11,13-14,20H,6-7,12,15-16H2,1-5H3. The average molecular weight is 530 g/mol. The quantitative estimate of drug-likeness (QED) is 0.317. The van der Waals surface area contributed by atoms with Crippen LogP contribution in [0, 0.1) is 13.8 Å². The molecule has 2 aromatic carbocycles. The molecule has 4 rings (SSSR count). The molecule has 1 atom stereocenters. The van der Waals surface area contributed by atoms with Crippen molar-refractivity contribution in [2.24, 2.45) is 0 Å². The van der Waals surface area contributed by atoms with Crippen molar-refractivity contribution in [3.8, 4) is 16.3 Å². The van der Waals surface area contributed by atoms with E-state index in [0.717, 1.165) is 40.3 Å². The number of unbranched alkanes of at least 4 members (excludes halogenated alkanes) is 1. The average Bonchev–Trinajstić information content (AvgIpc) is 3.45. The van der Waals surface area contributed by atoms with Crippen molar-refractivity contribution in [3.63, 3.8) is 0 Å². The minimum atomic E-state index is -0.574. The lowest BCUT2D eigenvalue weighted by Gasteiger charge is -2.19. The molecule has 0 bridgehead atoms. The summed E-state index contributed by atoms with van der Waals surface area (Å²) in [5.41, 5.74) is 3.38. The normalized spacial score (nSPS) is 16.8. The minimum Gasteiger partial charge on any atom is -0.490 e. The highest BCUT2D eigenvalue weighted by molar-refractivity contribution is 7.18. The summed E-state index contributed by atoms with van der Waals surface area (Å²) in [4.78, 5) is 15.0. The number of nitrogens with zero attached hydrogens (tertiary/aromatic N) is 3. The highest BCUT2D eigenvalue weighted by Gasteiger charge is 2.33. The molecule has 1 aromatic heterocycles. The largest absolute Gasteiger partial charge is 0.490 e. The summed E-state index contributed by atoms with van der Waals surface area (Å²) in [7, 11) is 0. The van der Waals surface area contributed by atoms with Crippen LogP contribution in [-0.2, 0) is 9.47 Å². The first-order valence-electron chi connectivity index (χ1n) is 12.1. The molecule has 9 heteroatoms. The molecular weight excluding hydrogens is 498 g/mol. The Morgan fingerprint density at radius 1 is 1.22 bits per heavy atom. The van der Waals surface area contributed by atoms with E-state index in [4.69, 9.17) is 25.8 Å². The molecular formula is C27H32ClN3O4S. The molecule has 0 radical (unpaired) electrons. The van der Waals surface area contributed by atoms with Gasteiger partial charge in [0.1, 0.15) is 23.5 Å². The Hall–Kier alpha value is -2.52. The molecule has 36 heavy (non-hydrogen) atoms. The summed E-state index contributed by atoms with van der Waals surface area (Å²) in [6.07, 6.45) is 1.70. The Kier molecular flexibility index (Phi) is 8.30. The molecule has 0 saturated carbocycles. The van der Waals surface area contributed by atoms with Gasteiger partial charge in [0.05, 0.1) is 17.2 Å². The highest BCUT2D eigenvalue weighted by Crippen LogP contribution is 2.35. The fraction of sp³-hybridized carbons (Fsp3) is 0.444.